The SMILES string of the molecule is Cc1cc(F)cc(C)c1-c1cc(F)c(F)c([C@H](CC(=O)O)NC(=O)[C@H](CC(C)C)NC(=O)c2cccn3cnnc23)c1. The number of amides is 2. The fourth-order valence-electron chi connectivity index (χ4n) is 5.03. The van der Waals surface area contributed by atoms with Crippen LogP contribution in [-0.2, 0) is 9.59 Å². The first-order valence-electron chi connectivity index (χ1n) is 13.2. The van der Waals surface area contributed by atoms with Crippen molar-refractivity contribution in [2.75, 3.05) is 0 Å². The molecule has 0 fully saturated rings. The zero-order valence-electron chi connectivity index (χ0n) is 23.4. The first-order chi connectivity index (χ1) is 19.8. The number of carbonyl (C=O) groups is 3. The summed E-state index contributed by atoms with van der Waals surface area (Å²) in [6, 6.07) is 5.19. The molecule has 4 aromatic rings. The molecule has 2 aromatic heterocycles. The monoisotopic (exact) mass is 581 g/mol. The van der Waals surface area contributed by atoms with Crippen LogP contribution in [0.2, 0.25) is 0 Å². The maximum atomic E-state index is 15.2. The van der Waals surface area contributed by atoms with E-state index in [0.717, 1.165) is 6.07 Å². The minimum atomic E-state index is -1.49. The third-order valence-corrected chi connectivity index (χ3v) is 6.81. The Labute approximate surface area is 239 Å². The van der Waals surface area contributed by atoms with Crippen LogP contribution in [0.25, 0.3) is 16.8 Å². The molecule has 2 aromatic carbocycles. The summed E-state index contributed by atoms with van der Waals surface area (Å²) in [7, 11) is 0. The molecule has 0 aliphatic rings. The van der Waals surface area contributed by atoms with Gasteiger partial charge in [0, 0.05) is 11.8 Å². The number of benzene rings is 2. The van der Waals surface area contributed by atoms with E-state index < -0.39 is 59.3 Å². The summed E-state index contributed by atoms with van der Waals surface area (Å²) < 4.78 is 45.6. The molecular weight excluding hydrogens is 551 g/mol. The van der Waals surface area contributed by atoms with Crippen molar-refractivity contribution in [3.63, 3.8) is 0 Å². The number of carboxylic acids is 1. The van der Waals surface area contributed by atoms with Gasteiger partial charge in [-0.3, -0.25) is 18.8 Å². The van der Waals surface area contributed by atoms with E-state index in [1.165, 1.54) is 35.0 Å². The summed E-state index contributed by atoms with van der Waals surface area (Å²) in [6.45, 7) is 6.88. The quantitative estimate of drug-likeness (QED) is 0.245. The first-order valence-corrected chi connectivity index (χ1v) is 13.2. The standard InChI is InChI=1S/C30H30F3N5O4/c1-15(2)8-24(36-29(41)20-6-5-7-38-14-34-37-28(20)38)30(42)35-23(13-25(39)40)21-11-18(12-22(32)27(21)33)26-16(3)9-19(31)10-17(26)4/h5-7,9-12,14-15,23-24H,8,13H2,1-4H3,(H,35,42)(H,36,41)(H,39,40)/t23-,24-/m0/s1. The molecule has 2 atom stereocenters. The van der Waals surface area contributed by atoms with Crippen LogP contribution < -0.4 is 10.6 Å². The van der Waals surface area contributed by atoms with Crippen LogP contribution in [0.5, 0.6) is 0 Å². The number of aryl methyl sites for hydroxylation is 2. The number of nitrogens with zero attached hydrogens (tertiary/aromatic N) is 3. The average molecular weight is 582 g/mol. The molecule has 0 radical (unpaired) electrons. The van der Waals surface area contributed by atoms with Gasteiger partial charge in [-0.1, -0.05) is 13.8 Å². The molecule has 0 aliphatic carbocycles. The van der Waals surface area contributed by atoms with Crippen molar-refractivity contribution >= 4 is 23.4 Å². The lowest BCUT2D eigenvalue weighted by Gasteiger charge is -2.25. The molecule has 0 unspecified atom stereocenters. The van der Waals surface area contributed by atoms with Gasteiger partial charge >= 0.3 is 5.97 Å². The van der Waals surface area contributed by atoms with Crippen LogP contribution >= 0.6 is 0 Å². The lowest BCUT2D eigenvalue weighted by Crippen LogP contribution is -2.48. The second-order valence-corrected chi connectivity index (χ2v) is 10.6. The van der Waals surface area contributed by atoms with Gasteiger partial charge in [-0.15, -0.1) is 10.2 Å². The minimum Gasteiger partial charge on any atom is -0.481 e. The number of fused-ring (bicyclic) bond motifs is 1. The minimum absolute atomic E-state index is 0.0789. The van der Waals surface area contributed by atoms with Crippen molar-refractivity contribution < 1.29 is 32.7 Å². The van der Waals surface area contributed by atoms with Crippen molar-refractivity contribution in [1.82, 2.24) is 25.2 Å². The number of nitrogens with one attached hydrogen (secondary N) is 2. The van der Waals surface area contributed by atoms with E-state index in [0.29, 0.717) is 16.7 Å². The van der Waals surface area contributed by atoms with Crippen LogP contribution in [0.3, 0.4) is 0 Å². The molecule has 0 bridgehead atoms. The van der Waals surface area contributed by atoms with Crippen LogP contribution in [0, 0.1) is 37.2 Å². The molecule has 0 saturated heterocycles. The average Bonchev–Trinajstić information content (AvgIpc) is 3.37. The van der Waals surface area contributed by atoms with E-state index in [2.05, 4.69) is 20.8 Å². The molecule has 0 saturated carbocycles. The van der Waals surface area contributed by atoms with Crippen LogP contribution in [0.15, 0.2) is 48.9 Å². The van der Waals surface area contributed by atoms with E-state index in [4.69, 9.17) is 0 Å². The Kier molecular flexibility index (Phi) is 8.93. The number of carbonyl (C=O) groups excluding carboxylic acids is 2. The summed E-state index contributed by atoms with van der Waals surface area (Å²) in [6.07, 6.45) is 2.46. The van der Waals surface area contributed by atoms with Gasteiger partial charge in [0.05, 0.1) is 18.0 Å². The third kappa shape index (κ3) is 6.59. The molecule has 3 N–H and O–H groups in total. The van der Waals surface area contributed by atoms with Crippen molar-refractivity contribution in [1.29, 1.82) is 0 Å². The highest BCUT2D eigenvalue weighted by Crippen LogP contribution is 2.33. The molecular formula is C30H30F3N5O4. The van der Waals surface area contributed by atoms with E-state index in [9.17, 15) is 28.3 Å². The van der Waals surface area contributed by atoms with Gasteiger partial charge in [0.25, 0.3) is 5.91 Å². The predicted octanol–water partition coefficient (Wildman–Crippen LogP) is 4.91. The Morgan fingerprint density at radius 2 is 1.71 bits per heavy atom. The number of rotatable bonds is 10. The number of carboxylic acid groups (broad SMARTS) is 1. The molecule has 2 amide bonds. The highest BCUT2D eigenvalue weighted by molar-refractivity contribution is 6.02. The summed E-state index contributed by atoms with van der Waals surface area (Å²) in [4.78, 5) is 38.5. The number of aliphatic carboxylic acids is 1. The van der Waals surface area contributed by atoms with Crippen molar-refractivity contribution in [3.05, 3.63) is 88.6 Å². The van der Waals surface area contributed by atoms with Gasteiger partial charge < -0.3 is 15.7 Å². The van der Waals surface area contributed by atoms with E-state index in [1.54, 1.807) is 26.1 Å². The lowest BCUT2D eigenvalue weighted by molar-refractivity contribution is -0.137. The molecule has 4 rings (SSSR count). The fraction of sp³-hybridized carbons (Fsp3) is 0.300. The number of aromatic nitrogens is 3. The Hall–Kier alpha value is -4.74. The molecule has 2 heterocycles. The highest BCUT2D eigenvalue weighted by atomic mass is 19.2. The number of halogens is 3. The number of hydrogen-bond donors (Lipinski definition) is 3. The van der Waals surface area contributed by atoms with Crippen LogP contribution in [0.1, 0.15) is 59.8 Å². The summed E-state index contributed by atoms with van der Waals surface area (Å²) in [5.74, 6) is -5.94. The summed E-state index contributed by atoms with van der Waals surface area (Å²) in [5.41, 5.74) is 1.59. The Balaban J connectivity index is 1.69. The van der Waals surface area contributed by atoms with Crippen molar-refractivity contribution in [3.8, 4) is 11.1 Å². The predicted molar refractivity (Wildman–Crippen MR) is 148 cm³/mol. The molecule has 12 heteroatoms. The van der Waals surface area contributed by atoms with Gasteiger partial charge in [-0.25, -0.2) is 13.2 Å². The molecule has 220 valence electrons. The normalized spacial score (nSPS) is 12.8. The van der Waals surface area contributed by atoms with Gasteiger partial charge in [0.15, 0.2) is 17.3 Å². The molecule has 0 aliphatic heterocycles. The lowest BCUT2D eigenvalue weighted by atomic mass is 9.91. The maximum absolute atomic E-state index is 15.2. The van der Waals surface area contributed by atoms with Gasteiger partial charge in [-0.2, -0.15) is 0 Å². The highest BCUT2D eigenvalue weighted by Gasteiger charge is 2.30. The molecule has 9 nitrogen and oxygen atoms in total. The van der Waals surface area contributed by atoms with E-state index in [1.807, 2.05) is 13.8 Å². The van der Waals surface area contributed by atoms with Crippen LogP contribution in [0.4, 0.5) is 13.2 Å². The number of hydrogen-bond acceptors (Lipinski definition) is 5. The first kappa shape index (κ1) is 30.2. The third-order valence-electron chi connectivity index (χ3n) is 6.81. The van der Waals surface area contributed by atoms with E-state index >= 15 is 4.39 Å². The summed E-state index contributed by atoms with van der Waals surface area (Å²) >= 11 is 0. The van der Waals surface area contributed by atoms with E-state index in [-0.39, 0.29) is 29.1 Å². The zero-order valence-corrected chi connectivity index (χ0v) is 23.4. The Bertz CT molecular complexity index is 1650. The second kappa shape index (κ2) is 12.4. The maximum Gasteiger partial charge on any atom is 0.305 e. The summed E-state index contributed by atoms with van der Waals surface area (Å²) in [5, 5.41) is 22.5. The largest absolute Gasteiger partial charge is 0.481 e. The zero-order chi connectivity index (χ0) is 30.7. The van der Waals surface area contributed by atoms with Crippen LogP contribution in [-0.4, -0.2) is 43.5 Å². The second-order valence-electron chi connectivity index (χ2n) is 10.6. The van der Waals surface area contributed by atoms with Gasteiger partial charge in [0.2, 0.25) is 5.91 Å². The number of pyridine rings is 1. The van der Waals surface area contributed by atoms with Crippen molar-refractivity contribution in [2.24, 2.45) is 5.92 Å². The topological polar surface area (TPSA) is 126 Å². The Morgan fingerprint density at radius 3 is 2.36 bits per heavy atom. The van der Waals surface area contributed by atoms with Crippen molar-refractivity contribution in [2.45, 2.75) is 52.6 Å². The van der Waals surface area contributed by atoms with Gasteiger partial charge in [-0.05, 0) is 84.8 Å². The smallest absolute Gasteiger partial charge is 0.305 e. The van der Waals surface area contributed by atoms with Gasteiger partial charge in [0.1, 0.15) is 18.2 Å². The molecule has 0 spiro atoms. The Morgan fingerprint density at radius 1 is 1.02 bits per heavy atom. The fourth-order valence-corrected chi connectivity index (χ4v) is 5.03. The molecule has 42 heavy (non-hydrogen) atoms.